The zero-order valence-corrected chi connectivity index (χ0v) is 33.4. The first-order valence-electron chi connectivity index (χ1n) is 20.1. The maximum absolute atomic E-state index is 13.1. The Morgan fingerprint density at radius 2 is 1.23 bits per heavy atom. The fourth-order valence-corrected chi connectivity index (χ4v) is 7.60. The highest BCUT2D eigenvalue weighted by Gasteiger charge is 2.27. The lowest BCUT2D eigenvalue weighted by Crippen LogP contribution is -2.09. The highest BCUT2D eigenvalue weighted by atomic mass is 16.7. The molecule has 0 radical (unpaired) electrons. The van der Waals surface area contributed by atoms with Gasteiger partial charge in [0.2, 0.25) is 6.40 Å². The number of nitrogens with one attached hydrogen (secondary N) is 1. The summed E-state index contributed by atoms with van der Waals surface area (Å²) in [5.41, 5.74) is 15.4. The van der Waals surface area contributed by atoms with Crippen LogP contribution in [0.1, 0.15) is 38.2 Å². The Hall–Kier alpha value is -8.04. The molecule has 0 atom stereocenters. The van der Waals surface area contributed by atoms with Gasteiger partial charge in [-0.15, -0.1) is 5.11 Å². The van der Waals surface area contributed by atoms with Crippen molar-refractivity contribution < 1.29 is 19.6 Å². The molecule has 1 aliphatic carbocycles. The quantitative estimate of drug-likeness (QED) is 0.0491. The molecule has 0 unspecified atom stereocenters. The van der Waals surface area contributed by atoms with Crippen LogP contribution in [0.5, 0.6) is 5.75 Å². The average Bonchev–Trinajstić information content (AvgIpc) is 3.57. The van der Waals surface area contributed by atoms with Crippen LogP contribution < -0.4 is 10.4 Å². The minimum Gasteiger partial charge on any atom is -0.506 e. The van der Waals surface area contributed by atoms with E-state index in [1.807, 2.05) is 85.8 Å². The first-order valence-corrected chi connectivity index (χ1v) is 20.1. The standard InChI is InChI=1S/C52H41N5O4/c1-35-12-26-46-47-28-23-41(32-49(47)52(59)48(46)30-35)54-55-51-45-27-19-38(31-39(45)20-29-50(51)58)33-60-53-34-61-56-40-21-15-36(16-22-40)13-14-37-17-24-44(25-18-37)57(42-8-4-2-5-9-42)43-10-6-3-7-11-43/h2-12,15-32,34,56,58H,13-14,33H2,1H3/b53-34+,55-54?. The molecule has 0 saturated carbocycles. The molecule has 2 N–H and O–H groups in total. The molecule has 0 spiro atoms. The van der Waals surface area contributed by atoms with Crippen LogP contribution in [-0.2, 0) is 29.1 Å². The molecular weight excluding hydrogens is 759 g/mol. The number of para-hydroxylation sites is 2. The lowest BCUT2D eigenvalue weighted by Gasteiger charge is -2.25. The minimum atomic E-state index is -0.0214. The number of azo groups is 1. The molecule has 0 aliphatic heterocycles. The molecule has 0 fully saturated rings. The number of hydrogen-bond acceptors (Lipinski definition) is 9. The van der Waals surface area contributed by atoms with E-state index in [0.29, 0.717) is 22.5 Å². The van der Waals surface area contributed by atoms with Gasteiger partial charge in [0.15, 0.2) is 5.78 Å². The number of aromatic hydroxyl groups is 1. The number of oxime groups is 1. The number of anilines is 4. The van der Waals surface area contributed by atoms with E-state index in [9.17, 15) is 9.90 Å². The zero-order valence-electron chi connectivity index (χ0n) is 33.4. The molecule has 0 heterocycles. The third-order valence-electron chi connectivity index (χ3n) is 10.7. The summed E-state index contributed by atoms with van der Waals surface area (Å²) in [6, 6.07) is 58.2. The molecule has 9 heteroatoms. The molecule has 61 heavy (non-hydrogen) atoms. The summed E-state index contributed by atoms with van der Waals surface area (Å²) >= 11 is 0. The van der Waals surface area contributed by atoms with Gasteiger partial charge < -0.3 is 19.7 Å². The number of rotatable bonds is 14. The van der Waals surface area contributed by atoms with Gasteiger partial charge in [-0.2, -0.15) is 5.11 Å². The van der Waals surface area contributed by atoms with Crippen molar-refractivity contribution in [2.75, 3.05) is 10.4 Å². The van der Waals surface area contributed by atoms with E-state index in [1.54, 1.807) is 12.1 Å². The maximum atomic E-state index is 13.1. The van der Waals surface area contributed by atoms with Crippen LogP contribution in [-0.4, -0.2) is 17.3 Å². The van der Waals surface area contributed by atoms with Gasteiger partial charge in [-0.1, -0.05) is 108 Å². The van der Waals surface area contributed by atoms with Crippen molar-refractivity contribution in [2.45, 2.75) is 26.4 Å². The van der Waals surface area contributed by atoms with Crippen molar-refractivity contribution >= 4 is 57.1 Å². The maximum Gasteiger partial charge on any atom is 0.245 e. The number of phenolic OH excluding ortho intramolecular Hbond substituents is 1. The lowest BCUT2D eigenvalue weighted by atomic mass is 10.0. The fourth-order valence-electron chi connectivity index (χ4n) is 7.60. The first-order chi connectivity index (χ1) is 30.0. The van der Waals surface area contributed by atoms with Crippen LogP contribution in [0.3, 0.4) is 0 Å². The Morgan fingerprint density at radius 3 is 1.93 bits per heavy atom. The van der Waals surface area contributed by atoms with E-state index >= 15 is 0 Å². The Morgan fingerprint density at radius 1 is 0.607 bits per heavy atom. The largest absolute Gasteiger partial charge is 0.506 e. The smallest absolute Gasteiger partial charge is 0.245 e. The number of phenols is 1. The van der Waals surface area contributed by atoms with Crippen LogP contribution in [0.4, 0.5) is 34.1 Å². The average molecular weight is 800 g/mol. The van der Waals surface area contributed by atoms with Gasteiger partial charge in [0.25, 0.3) is 0 Å². The van der Waals surface area contributed by atoms with Crippen molar-refractivity contribution in [3.8, 4) is 16.9 Å². The van der Waals surface area contributed by atoms with Gasteiger partial charge in [-0.25, -0.2) is 5.48 Å². The molecule has 0 aromatic heterocycles. The zero-order chi connectivity index (χ0) is 41.5. The monoisotopic (exact) mass is 799 g/mol. The van der Waals surface area contributed by atoms with Gasteiger partial charge in [0.1, 0.15) is 18.0 Å². The number of aryl methyl sites for hydroxylation is 3. The molecule has 0 amide bonds. The number of fused-ring (bicyclic) bond motifs is 4. The van der Waals surface area contributed by atoms with Crippen molar-refractivity contribution in [1.29, 1.82) is 0 Å². The Labute approximate surface area is 353 Å². The molecular formula is C52H41N5O4. The van der Waals surface area contributed by atoms with E-state index in [4.69, 9.17) is 9.68 Å². The van der Waals surface area contributed by atoms with Crippen molar-refractivity contribution in [3.63, 3.8) is 0 Å². The van der Waals surface area contributed by atoms with E-state index in [1.165, 1.54) is 17.5 Å². The molecule has 1 aliphatic rings. The van der Waals surface area contributed by atoms with Gasteiger partial charge >= 0.3 is 0 Å². The molecule has 0 bridgehead atoms. The van der Waals surface area contributed by atoms with Crippen LogP contribution in [0.15, 0.2) is 191 Å². The number of hydrogen-bond donors (Lipinski definition) is 2. The van der Waals surface area contributed by atoms with Gasteiger partial charge in [-0.05, 0) is 132 Å². The highest BCUT2D eigenvalue weighted by Crippen LogP contribution is 2.41. The summed E-state index contributed by atoms with van der Waals surface area (Å²) in [4.78, 5) is 26.2. The van der Waals surface area contributed by atoms with Crippen LogP contribution in [0, 0.1) is 6.92 Å². The summed E-state index contributed by atoms with van der Waals surface area (Å²) in [7, 11) is 0. The second-order valence-corrected chi connectivity index (χ2v) is 14.9. The third kappa shape index (κ3) is 8.58. The van der Waals surface area contributed by atoms with Crippen LogP contribution in [0.2, 0.25) is 0 Å². The summed E-state index contributed by atoms with van der Waals surface area (Å²) in [6.07, 6.45) is 3.04. The SMILES string of the molecule is Cc1ccc2c(c1)C(=O)c1cc(N=Nc3c(O)ccc4cc(CO/N=C/ONc5ccc(CCc6ccc(N(c7ccccc7)c7ccccc7)cc6)cc5)ccc34)ccc1-2. The summed E-state index contributed by atoms with van der Waals surface area (Å²) < 4.78 is 0. The predicted molar refractivity (Wildman–Crippen MR) is 243 cm³/mol. The lowest BCUT2D eigenvalue weighted by molar-refractivity contribution is 0.104. The van der Waals surface area contributed by atoms with E-state index < -0.39 is 0 Å². The second-order valence-electron chi connectivity index (χ2n) is 14.9. The summed E-state index contributed by atoms with van der Waals surface area (Å²) in [5, 5.41) is 25.0. The van der Waals surface area contributed by atoms with Crippen molar-refractivity contribution in [3.05, 3.63) is 209 Å². The number of carbonyl (C=O) groups is 1. The molecule has 8 aromatic carbocycles. The minimum absolute atomic E-state index is 0.00100. The molecule has 8 aromatic rings. The molecule has 0 saturated heterocycles. The molecule has 9 nitrogen and oxygen atoms in total. The van der Waals surface area contributed by atoms with Crippen LogP contribution in [0.25, 0.3) is 21.9 Å². The highest BCUT2D eigenvalue weighted by molar-refractivity contribution is 6.22. The first kappa shape index (κ1) is 38.5. The second kappa shape index (κ2) is 17.4. The summed E-state index contributed by atoms with van der Waals surface area (Å²) in [6.45, 7) is 2.18. The van der Waals surface area contributed by atoms with Crippen LogP contribution >= 0.6 is 0 Å². The summed E-state index contributed by atoms with van der Waals surface area (Å²) in [5.74, 6) is -0.0204. The Kier molecular flexibility index (Phi) is 11.0. The topological polar surface area (TPSA) is 108 Å². The van der Waals surface area contributed by atoms with Gasteiger partial charge in [0, 0.05) is 33.6 Å². The number of nitrogens with zero attached hydrogens (tertiary/aromatic N) is 4. The van der Waals surface area contributed by atoms with Gasteiger partial charge in [0.05, 0.1) is 11.4 Å². The van der Waals surface area contributed by atoms with E-state index in [-0.39, 0.29) is 18.1 Å². The molecule has 298 valence electrons. The Bertz CT molecular complexity index is 2860. The fraction of sp³-hybridized carbons (Fsp3) is 0.0769. The number of ketones is 1. The number of carbonyl (C=O) groups excluding carboxylic acids is 1. The van der Waals surface area contributed by atoms with E-state index in [0.717, 1.165) is 68.6 Å². The normalized spacial score (nSPS) is 11.9. The third-order valence-corrected chi connectivity index (χ3v) is 10.7. The van der Waals surface area contributed by atoms with Gasteiger partial charge in [-0.3, -0.25) is 4.79 Å². The Balaban J connectivity index is 0.748. The van der Waals surface area contributed by atoms with E-state index in [2.05, 4.69) is 111 Å². The van der Waals surface area contributed by atoms with Crippen molar-refractivity contribution in [2.24, 2.45) is 15.4 Å². The predicted octanol–water partition coefficient (Wildman–Crippen LogP) is 13.2. The molecule has 9 rings (SSSR count). The number of benzene rings is 8. The van der Waals surface area contributed by atoms with Crippen molar-refractivity contribution in [1.82, 2.24) is 0 Å².